The maximum Gasteiger partial charge on any atom is 0.341 e. The SMILES string of the molecule is CCOC(=O)c1c(-c2ccc(C)cc2)csc1NC(=O)NCCCCN1CCCC1. The van der Waals surface area contributed by atoms with Gasteiger partial charge in [-0.3, -0.25) is 5.32 Å². The summed E-state index contributed by atoms with van der Waals surface area (Å²) in [6, 6.07) is 7.67. The van der Waals surface area contributed by atoms with Crippen LogP contribution in [0.1, 0.15) is 48.5 Å². The molecule has 0 aliphatic carbocycles. The highest BCUT2D eigenvalue weighted by atomic mass is 32.1. The minimum Gasteiger partial charge on any atom is -0.462 e. The van der Waals surface area contributed by atoms with Crippen LogP contribution in [-0.2, 0) is 4.74 Å². The molecule has 1 aliphatic rings. The third kappa shape index (κ3) is 6.06. The Bertz CT molecular complexity index is 842. The van der Waals surface area contributed by atoms with Gasteiger partial charge in [0.1, 0.15) is 10.6 Å². The summed E-state index contributed by atoms with van der Waals surface area (Å²) in [5.74, 6) is -0.421. The Balaban J connectivity index is 1.59. The highest BCUT2D eigenvalue weighted by Gasteiger charge is 2.22. The van der Waals surface area contributed by atoms with Crippen molar-refractivity contribution >= 4 is 28.3 Å². The second kappa shape index (κ2) is 11.1. The Hall–Kier alpha value is -2.38. The van der Waals surface area contributed by atoms with E-state index < -0.39 is 5.97 Å². The number of carbonyl (C=O) groups excluding carboxylic acids is 2. The lowest BCUT2D eigenvalue weighted by molar-refractivity contribution is 0.0529. The summed E-state index contributed by atoms with van der Waals surface area (Å²) in [4.78, 5) is 27.5. The van der Waals surface area contributed by atoms with Crippen LogP contribution in [-0.4, -0.2) is 49.7 Å². The molecule has 0 spiro atoms. The number of hydrogen-bond acceptors (Lipinski definition) is 5. The van der Waals surface area contributed by atoms with Crippen LogP contribution in [0.3, 0.4) is 0 Å². The molecule has 7 heteroatoms. The van der Waals surface area contributed by atoms with Crippen molar-refractivity contribution in [2.75, 3.05) is 38.1 Å². The highest BCUT2D eigenvalue weighted by molar-refractivity contribution is 7.15. The first-order chi connectivity index (χ1) is 14.6. The van der Waals surface area contributed by atoms with E-state index in [1.165, 1.54) is 37.3 Å². The predicted molar refractivity (Wildman–Crippen MR) is 122 cm³/mol. The largest absolute Gasteiger partial charge is 0.462 e. The van der Waals surface area contributed by atoms with Crippen LogP contribution < -0.4 is 10.6 Å². The van der Waals surface area contributed by atoms with Crippen LogP contribution in [0.4, 0.5) is 9.80 Å². The first-order valence-electron chi connectivity index (χ1n) is 10.7. The number of rotatable bonds is 9. The van der Waals surface area contributed by atoms with E-state index in [2.05, 4.69) is 15.5 Å². The molecular formula is C23H31N3O3S. The van der Waals surface area contributed by atoms with Gasteiger partial charge in [-0.1, -0.05) is 29.8 Å². The molecule has 0 radical (unpaired) electrons. The molecule has 162 valence electrons. The molecule has 1 saturated heterocycles. The summed E-state index contributed by atoms with van der Waals surface area (Å²) in [6.45, 7) is 8.19. The maximum absolute atomic E-state index is 12.6. The van der Waals surface area contributed by atoms with Gasteiger partial charge >= 0.3 is 12.0 Å². The van der Waals surface area contributed by atoms with E-state index in [4.69, 9.17) is 4.74 Å². The number of thiophene rings is 1. The first kappa shape index (κ1) is 22.3. The number of hydrogen-bond donors (Lipinski definition) is 2. The van der Waals surface area contributed by atoms with Gasteiger partial charge in [0.2, 0.25) is 0 Å². The molecule has 3 rings (SSSR count). The van der Waals surface area contributed by atoms with Crippen LogP contribution in [0.15, 0.2) is 29.6 Å². The van der Waals surface area contributed by atoms with Gasteiger partial charge < -0.3 is 15.0 Å². The van der Waals surface area contributed by atoms with Gasteiger partial charge in [-0.25, -0.2) is 9.59 Å². The number of esters is 1. The Kier molecular flexibility index (Phi) is 8.28. The van der Waals surface area contributed by atoms with Crippen LogP contribution in [0.25, 0.3) is 11.1 Å². The second-order valence-corrected chi connectivity index (χ2v) is 8.46. The minimum atomic E-state index is -0.421. The Morgan fingerprint density at radius 2 is 1.87 bits per heavy atom. The zero-order valence-corrected chi connectivity index (χ0v) is 18.6. The Morgan fingerprint density at radius 3 is 2.57 bits per heavy atom. The van der Waals surface area contributed by atoms with Gasteiger partial charge in [0.25, 0.3) is 0 Å². The fraction of sp³-hybridized carbons (Fsp3) is 0.478. The first-order valence-corrected chi connectivity index (χ1v) is 11.6. The van der Waals surface area contributed by atoms with E-state index in [0.29, 0.717) is 17.1 Å². The summed E-state index contributed by atoms with van der Waals surface area (Å²) in [6.07, 6.45) is 4.61. The fourth-order valence-electron chi connectivity index (χ4n) is 3.62. The second-order valence-electron chi connectivity index (χ2n) is 7.58. The number of carbonyl (C=O) groups is 2. The van der Waals surface area contributed by atoms with E-state index in [0.717, 1.165) is 36.1 Å². The van der Waals surface area contributed by atoms with Crippen LogP contribution in [0, 0.1) is 6.92 Å². The van der Waals surface area contributed by atoms with Gasteiger partial charge in [-0.05, 0) is 64.7 Å². The van der Waals surface area contributed by atoms with Crippen LogP contribution in [0.5, 0.6) is 0 Å². The molecular weight excluding hydrogens is 398 g/mol. The normalized spacial score (nSPS) is 13.9. The van der Waals surface area contributed by atoms with E-state index >= 15 is 0 Å². The number of nitrogens with zero attached hydrogens (tertiary/aromatic N) is 1. The number of ether oxygens (including phenoxy) is 1. The molecule has 0 saturated carbocycles. The van der Waals surface area contributed by atoms with E-state index in [9.17, 15) is 9.59 Å². The van der Waals surface area contributed by atoms with Gasteiger partial charge in [-0.15, -0.1) is 11.3 Å². The summed E-state index contributed by atoms with van der Waals surface area (Å²) < 4.78 is 5.25. The van der Waals surface area contributed by atoms with Crippen molar-refractivity contribution in [3.63, 3.8) is 0 Å². The van der Waals surface area contributed by atoms with Crippen molar-refractivity contribution in [1.82, 2.24) is 10.2 Å². The summed E-state index contributed by atoms with van der Waals surface area (Å²) in [5, 5.41) is 8.14. The number of unbranched alkanes of at least 4 members (excludes halogenated alkanes) is 1. The lowest BCUT2D eigenvalue weighted by atomic mass is 10.0. The van der Waals surface area contributed by atoms with Crippen molar-refractivity contribution in [2.24, 2.45) is 0 Å². The monoisotopic (exact) mass is 429 g/mol. The molecule has 0 unspecified atom stereocenters. The Morgan fingerprint density at radius 1 is 1.13 bits per heavy atom. The van der Waals surface area contributed by atoms with Crippen molar-refractivity contribution in [3.8, 4) is 11.1 Å². The molecule has 1 aliphatic heterocycles. The molecule has 1 aromatic heterocycles. The lowest BCUT2D eigenvalue weighted by Crippen LogP contribution is -2.30. The molecule has 1 fully saturated rings. The Labute approximate surface area is 182 Å². The van der Waals surface area contributed by atoms with Crippen molar-refractivity contribution in [1.29, 1.82) is 0 Å². The smallest absolute Gasteiger partial charge is 0.341 e. The van der Waals surface area contributed by atoms with Gasteiger partial charge in [0, 0.05) is 17.5 Å². The average molecular weight is 430 g/mol. The van der Waals surface area contributed by atoms with Gasteiger partial charge in [-0.2, -0.15) is 0 Å². The average Bonchev–Trinajstić information content (AvgIpc) is 3.38. The number of anilines is 1. The quantitative estimate of drug-likeness (QED) is 0.439. The van der Waals surface area contributed by atoms with Crippen molar-refractivity contribution in [3.05, 3.63) is 40.8 Å². The maximum atomic E-state index is 12.6. The van der Waals surface area contributed by atoms with E-state index in [1.54, 1.807) is 6.92 Å². The lowest BCUT2D eigenvalue weighted by Gasteiger charge is -2.14. The molecule has 1 aromatic carbocycles. The highest BCUT2D eigenvalue weighted by Crippen LogP contribution is 2.36. The molecule has 0 bridgehead atoms. The number of urea groups is 1. The molecule has 2 amide bonds. The molecule has 2 N–H and O–H groups in total. The zero-order valence-electron chi connectivity index (χ0n) is 17.8. The van der Waals surface area contributed by atoms with E-state index in [-0.39, 0.29) is 12.6 Å². The number of nitrogens with one attached hydrogen (secondary N) is 2. The fourth-order valence-corrected chi connectivity index (χ4v) is 4.57. The zero-order chi connectivity index (χ0) is 21.3. The molecule has 2 aromatic rings. The minimum absolute atomic E-state index is 0.282. The number of aryl methyl sites for hydroxylation is 1. The topological polar surface area (TPSA) is 70.7 Å². The number of likely N-dealkylation sites (tertiary alicyclic amines) is 1. The summed E-state index contributed by atoms with van der Waals surface area (Å²) in [5.41, 5.74) is 3.26. The van der Waals surface area contributed by atoms with Crippen molar-refractivity contribution < 1.29 is 14.3 Å². The van der Waals surface area contributed by atoms with Crippen LogP contribution >= 0.6 is 11.3 Å². The molecule has 6 nitrogen and oxygen atoms in total. The standard InChI is InChI=1S/C23H31N3O3S/c1-3-29-22(27)20-19(18-10-8-17(2)9-11-18)16-30-21(20)25-23(28)24-12-4-5-13-26-14-6-7-15-26/h8-11,16H,3-7,12-15H2,1-2H3,(H2,24,25,28). The molecule has 30 heavy (non-hydrogen) atoms. The van der Waals surface area contributed by atoms with Crippen molar-refractivity contribution in [2.45, 2.75) is 39.5 Å². The molecule has 0 atom stereocenters. The third-order valence-electron chi connectivity index (χ3n) is 5.25. The van der Waals surface area contributed by atoms with Gasteiger partial charge in [0.05, 0.1) is 6.61 Å². The van der Waals surface area contributed by atoms with Gasteiger partial charge in [0.15, 0.2) is 0 Å². The predicted octanol–water partition coefficient (Wildman–Crippen LogP) is 4.90. The number of amides is 2. The number of benzene rings is 1. The summed E-state index contributed by atoms with van der Waals surface area (Å²) >= 11 is 1.34. The third-order valence-corrected chi connectivity index (χ3v) is 6.14. The summed E-state index contributed by atoms with van der Waals surface area (Å²) in [7, 11) is 0. The molecule has 2 heterocycles. The van der Waals surface area contributed by atoms with Crippen LogP contribution in [0.2, 0.25) is 0 Å². The van der Waals surface area contributed by atoms with E-state index in [1.807, 2.05) is 36.6 Å².